The number of piperidine rings is 1. The summed E-state index contributed by atoms with van der Waals surface area (Å²) in [6, 6.07) is 12.1. The zero-order valence-electron chi connectivity index (χ0n) is 15.6. The van der Waals surface area contributed by atoms with Crippen LogP contribution in [0.3, 0.4) is 0 Å². The number of hydrogen-bond donors (Lipinski definition) is 2. The predicted octanol–water partition coefficient (Wildman–Crippen LogP) is 3.30. The van der Waals surface area contributed by atoms with Crippen molar-refractivity contribution in [3.63, 3.8) is 0 Å². The van der Waals surface area contributed by atoms with Gasteiger partial charge in [0.25, 0.3) is 0 Å². The van der Waals surface area contributed by atoms with Gasteiger partial charge in [-0.1, -0.05) is 12.1 Å². The van der Waals surface area contributed by atoms with Crippen molar-refractivity contribution in [3.8, 4) is 0 Å². The quantitative estimate of drug-likeness (QED) is 0.832. The molecule has 1 unspecified atom stereocenters. The summed E-state index contributed by atoms with van der Waals surface area (Å²) < 4.78 is 13.1. The number of amides is 3. The first-order chi connectivity index (χ1) is 13.4. The highest BCUT2D eigenvalue weighted by Crippen LogP contribution is 2.23. The number of likely N-dealkylation sites (tertiary alicyclic amines) is 1. The van der Waals surface area contributed by atoms with Crippen molar-refractivity contribution in [1.29, 1.82) is 0 Å². The van der Waals surface area contributed by atoms with Gasteiger partial charge >= 0.3 is 0 Å². The van der Waals surface area contributed by atoms with Gasteiger partial charge in [0.1, 0.15) is 11.9 Å². The van der Waals surface area contributed by atoms with Crippen LogP contribution in [-0.2, 0) is 20.9 Å². The number of benzene rings is 2. The van der Waals surface area contributed by atoms with Gasteiger partial charge in [0.15, 0.2) is 0 Å². The van der Waals surface area contributed by atoms with Crippen molar-refractivity contribution in [2.75, 3.05) is 10.6 Å². The third-order valence-corrected chi connectivity index (χ3v) is 4.61. The Hall–Kier alpha value is -3.22. The van der Waals surface area contributed by atoms with E-state index in [9.17, 15) is 18.8 Å². The SMILES string of the molecule is CC(=O)Nc1ccc(NC(=O)C2CCCC(=O)N2Cc2ccc(F)cc2)cc1. The van der Waals surface area contributed by atoms with Crippen LogP contribution in [0.15, 0.2) is 48.5 Å². The van der Waals surface area contributed by atoms with Gasteiger partial charge < -0.3 is 15.5 Å². The Bertz CT molecular complexity index is 865. The van der Waals surface area contributed by atoms with Crippen LogP contribution in [0.25, 0.3) is 0 Å². The molecule has 7 heteroatoms. The summed E-state index contributed by atoms with van der Waals surface area (Å²) in [5.41, 5.74) is 1.99. The Morgan fingerprint density at radius 2 is 1.64 bits per heavy atom. The molecule has 1 fully saturated rings. The zero-order valence-corrected chi connectivity index (χ0v) is 15.6. The highest BCUT2D eigenvalue weighted by molar-refractivity contribution is 5.98. The Balaban J connectivity index is 1.69. The molecule has 1 aliphatic rings. The number of anilines is 2. The Morgan fingerprint density at radius 1 is 1.04 bits per heavy atom. The maximum absolute atomic E-state index is 13.1. The Kier molecular flexibility index (Phi) is 6.03. The van der Waals surface area contributed by atoms with E-state index in [1.807, 2.05) is 0 Å². The van der Waals surface area contributed by atoms with Gasteiger partial charge in [-0.25, -0.2) is 4.39 Å². The fourth-order valence-electron chi connectivity index (χ4n) is 3.24. The molecule has 3 rings (SSSR count). The summed E-state index contributed by atoms with van der Waals surface area (Å²) in [7, 11) is 0. The maximum Gasteiger partial charge on any atom is 0.247 e. The molecule has 1 atom stereocenters. The van der Waals surface area contributed by atoms with Crippen LogP contribution in [0, 0.1) is 5.82 Å². The van der Waals surface area contributed by atoms with Crippen molar-refractivity contribution < 1.29 is 18.8 Å². The van der Waals surface area contributed by atoms with Gasteiger partial charge in [0.05, 0.1) is 0 Å². The average molecular weight is 383 g/mol. The fourth-order valence-corrected chi connectivity index (χ4v) is 3.24. The molecule has 0 spiro atoms. The molecule has 28 heavy (non-hydrogen) atoms. The van der Waals surface area contributed by atoms with Crippen molar-refractivity contribution in [2.24, 2.45) is 0 Å². The molecule has 0 aliphatic carbocycles. The largest absolute Gasteiger partial charge is 0.326 e. The topological polar surface area (TPSA) is 78.5 Å². The van der Waals surface area contributed by atoms with E-state index < -0.39 is 6.04 Å². The first kappa shape index (κ1) is 19.5. The summed E-state index contributed by atoms with van der Waals surface area (Å²) in [5, 5.41) is 5.49. The number of halogens is 1. The third-order valence-electron chi connectivity index (χ3n) is 4.61. The summed E-state index contributed by atoms with van der Waals surface area (Å²) >= 11 is 0. The molecule has 1 heterocycles. The summed E-state index contributed by atoms with van der Waals surface area (Å²) in [6.07, 6.45) is 1.62. The number of carbonyl (C=O) groups excluding carboxylic acids is 3. The number of carbonyl (C=O) groups is 3. The number of rotatable bonds is 5. The molecular formula is C21H22FN3O3. The van der Waals surface area contributed by atoms with Crippen LogP contribution >= 0.6 is 0 Å². The lowest BCUT2D eigenvalue weighted by Gasteiger charge is -2.34. The van der Waals surface area contributed by atoms with Crippen LogP contribution < -0.4 is 10.6 Å². The van der Waals surface area contributed by atoms with E-state index in [0.29, 0.717) is 30.6 Å². The highest BCUT2D eigenvalue weighted by atomic mass is 19.1. The lowest BCUT2D eigenvalue weighted by molar-refractivity contribution is -0.142. The molecule has 2 N–H and O–H groups in total. The van der Waals surface area contributed by atoms with Gasteiger partial charge in [-0.3, -0.25) is 14.4 Å². The second-order valence-corrected chi connectivity index (χ2v) is 6.80. The minimum absolute atomic E-state index is 0.0864. The van der Waals surface area contributed by atoms with Gasteiger partial charge in [0.2, 0.25) is 17.7 Å². The van der Waals surface area contributed by atoms with Crippen LogP contribution in [0.5, 0.6) is 0 Å². The van der Waals surface area contributed by atoms with Crippen LogP contribution in [-0.4, -0.2) is 28.7 Å². The minimum atomic E-state index is -0.582. The number of nitrogens with one attached hydrogen (secondary N) is 2. The molecule has 0 bridgehead atoms. The standard InChI is InChI=1S/C21H22FN3O3/c1-14(26)23-17-9-11-18(12-10-17)24-21(28)19-3-2-4-20(27)25(19)13-15-5-7-16(22)8-6-15/h5-12,19H,2-4,13H2,1H3,(H,23,26)(H,24,28). The molecule has 146 valence electrons. The van der Waals surface area contributed by atoms with E-state index in [1.54, 1.807) is 41.3 Å². The van der Waals surface area contributed by atoms with Gasteiger partial charge in [-0.05, 0) is 54.8 Å². The zero-order chi connectivity index (χ0) is 20.1. The second kappa shape index (κ2) is 8.65. The van der Waals surface area contributed by atoms with Gasteiger partial charge in [-0.15, -0.1) is 0 Å². The second-order valence-electron chi connectivity index (χ2n) is 6.80. The lowest BCUT2D eigenvalue weighted by Crippen LogP contribution is -2.49. The summed E-state index contributed by atoms with van der Waals surface area (Å²) in [4.78, 5) is 37.8. The van der Waals surface area contributed by atoms with Crippen molar-refractivity contribution >= 4 is 29.1 Å². The first-order valence-electron chi connectivity index (χ1n) is 9.15. The normalized spacial score (nSPS) is 16.6. The fraction of sp³-hybridized carbons (Fsp3) is 0.286. The van der Waals surface area contributed by atoms with E-state index in [-0.39, 0.29) is 30.1 Å². The van der Waals surface area contributed by atoms with E-state index in [2.05, 4.69) is 10.6 Å². The molecule has 0 saturated carbocycles. The predicted molar refractivity (Wildman–Crippen MR) is 104 cm³/mol. The minimum Gasteiger partial charge on any atom is -0.326 e. The van der Waals surface area contributed by atoms with Gasteiger partial charge in [0, 0.05) is 31.3 Å². The van der Waals surface area contributed by atoms with Crippen LogP contribution in [0.2, 0.25) is 0 Å². The highest BCUT2D eigenvalue weighted by Gasteiger charge is 2.33. The van der Waals surface area contributed by atoms with Crippen molar-refractivity contribution in [3.05, 3.63) is 59.9 Å². The summed E-state index contributed by atoms with van der Waals surface area (Å²) in [6.45, 7) is 1.68. The molecule has 2 aromatic carbocycles. The molecule has 2 aromatic rings. The average Bonchev–Trinajstić information content (AvgIpc) is 2.66. The van der Waals surface area contributed by atoms with Crippen molar-refractivity contribution in [1.82, 2.24) is 4.90 Å². The number of hydrogen-bond acceptors (Lipinski definition) is 3. The first-order valence-corrected chi connectivity index (χ1v) is 9.15. The Morgan fingerprint density at radius 3 is 2.25 bits per heavy atom. The monoisotopic (exact) mass is 383 g/mol. The molecular weight excluding hydrogens is 361 g/mol. The summed E-state index contributed by atoms with van der Waals surface area (Å²) in [5.74, 6) is -0.862. The molecule has 0 aromatic heterocycles. The van der Waals surface area contributed by atoms with E-state index >= 15 is 0 Å². The van der Waals surface area contributed by atoms with E-state index in [1.165, 1.54) is 19.1 Å². The Labute approximate surface area is 162 Å². The smallest absolute Gasteiger partial charge is 0.247 e. The van der Waals surface area contributed by atoms with Crippen LogP contribution in [0.1, 0.15) is 31.7 Å². The molecule has 6 nitrogen and oxygen atoms in total. The van der Waals surface area contributed by atoms with Crippen LogP contribution in [0.4, 0.5) is 15.8 Å². The van der Waals surface area contributed by atoms with E-state index in [0.717, 1.165) is 5.56 Å². The lowest BCUT2D eigenvalue weighted by atomic mass is 9.99. The molecule has 3 amide bonds. The number of nitrogens with zero attached hydrogens (tertiary/aromatic N) is 1. The van der Waals surface area contributed by atoms with Gasteiger partial charge in [-0.2, -0.15) is 0 Å². The van der Waals surface area contributed by atoms with E-state index in [4.69, 9.17) is 0 Å². The maximum atomic E-state index is 13.1. The molecule has 1 saturated heterocycles. The third kappa shape index (κ3) is 4.94. The van der Waals surface area contributed by atoms with Crippen molar-refractivity contribution in [2.45, 2.75) is 38.8 Å². The molecule has 1 aliphatic heterocycles. The molecule has 0 radical (unpaired) electrons.